The fraction of sp³-hybridized carbons (Fsp3) is 0.458. The summed E-state index contributed by atoms with van der Waals surface area (Å²) in [7, 11) is 0. The van der Waals surface area contributed by atoms with Gasteiger partial charge in [0.2, 0.25) is 11.9 Å². The molecular formula is C24H29F3IN7O. The second-order valence-electron chi connectivity index (χ2n) is 8.57. The molecule has 0 saturated heterocycles. The number of amides is 1. The highest BCUT2D eigenvalue weighted by Gasteiger charge is 2.35. The maximum Gasteiger partial charge on any atom is 0.417 e. The van der Waals surface area contributed by atoms with Crippen LogP contribution >= 0.6 is 22.6 Å². The number of hydrogen-bond donors (Lipinski definition) is 3. The first-order valence-electron chi connectivity index (χ1n) is 11.5. The van der Waals surface area contributed by atoms with Gasteiger partial charge in [-0.3, -0.25) is 9.89 Å². The Kier molecular flexibility index (Phi) is 9.25. The summed E-state index contributed by atoms with van der Waals surface area (Å²) in [5, 5.41) is 12.8. The van der Waals surface area contributed by atoms with Crippen LogP contribution in [0, 0.1) is 13.8 Å². The number of benzene rings is 1. The number of nitrogens with zero attached hydrogens (tertiary/aromatic N) is 4. The Morgan fingerprint density at radius 1 is 1.06 bits per heavy atom. The molecule has 1 fully saturated rings. The van der Waals surface area contributed by atoms with Crippen molar-refractivity contribution in [1.82, 2.24) is 30.5 Å². The monoisotopic (exact) mass is 615 g/mol. The van der Waals surface area contributed by atoms with Crippen molar-refractivity contribution in [2.45, 2.75) is 64.6 Å². The molecule has 12 heteroatoms. The van der Waals surface area contributed by atoms with E-state index in [1.54, 1.807) is 6.92 Å². The molecule has 2 heterocycles. The number of aromatic amines is 1. The maximum absolute atomic E-state index is 13.7. The molecular weight excluding hydrogens is 586 g/mol. The molecule has 1 aromatic carbocycles. The highest BCUT2D eigenvalue weighted by molar-refractivity contribution is 14.1. The normalized spacial score (nSPS) is 17.7. The van der Waals surface area contributed by atoms with Gasteiger partial charge in [-0.25, -0.2) is 9.97 Å². The molecule has 0 radical (unpaired) electrons. The summed E-state index contributed by atoms with van der Waals surface area (Å²) in [5.74, 6) is 1.18. The van der Waals surface area contributed by atoms with E-state index in [1.165, 1.54) is 25.1 Å². The average molecular weight is 615 g/mol. The zero-order valence-electron chi connectivity index (χ0n) is 20.5. The highest BCUT2D eigenvalue weighted by atomic mass is 127. The van der Waals surface area contributed by atoms with E-state index in [1.807, 2.05) is 11.9 Å². The molecule has 1 aliphatic carbocycles. The molecule has 3 N–H and O–H groups in total. The Bertz CT molecular complexity index is 1190. The van der Waals surface area contributed by atoms with Crippen molar-refractivity contribution in [1.29, 1.82) is 0 Å². The van der Waals surface area contributed by atoms with Gasteiger partial charge in [-0.2, -0.15) is 18.2 Å². The van der Waals surface area contributed by atoms with Crippen LogP contribution in [0.1, 0.15) is 61.2 Å². The van der Waals surface area contributed by atoms with Crippen molar-refractivity contribution in [3.05, 3.63) is 46.9 Å². The zero-order valence-corrected chi connectivity index (χ0v) is 22.7. The fourth-order valence-corrected chi connectivity index (χ4v) is 4.40. The topological polar surface area (TPSA) is 108 Å². The predicted molar refractivity (Wildman–Crippen MR) is 140 cm³/mol. The molecule has 0 atom stereocenters. The van der Waals surface area contributed by atoms with Crippen molar-refractivity contribution in [2.24, 2.45) is 0 Å². The van der Waals surface area contributed by atoms with Gasteiger partial charge in [0.1, 0.15) is 11.6 Å². The third-order valence-corrected chi connectivity index (χ3v) is 6.01. The Labute approximate surface area is 221 Å². The van der Waals surface area contributed by atoms with Crippen LogP contribution < -0.4 is 10.6 Å². The lowest BCUT2D eigenvalue weighted by atomic mass is 9.82. The number of aryl methyl sites for hydroxylation is 1. The minimum atomic E-state index is -4.55. The maximum atomic E-state index is 13.7. The van der Waals surface area contributed by atoms with E-state index in [0.29, 0.717) is 17.3 Å². The van der Waals surface area contributed by atoms with E-state index in [2.05, 4.69) is 58.4 Å². The molecule has 2 aromatic heterocycles. The van der Waals surface area contributed by atoms with Gasteiger partial charge < -0.3 is 10.6 Å². The Morgan fingerprint density at radius 2 is 1.72 bits per heavy atom. The lowest BCUT2D eigenvalue weighted by Gasteiger charge is -2.30. The third kappa shape index (κ3) is 6.71. The molecule has 1 saturated carbocycles. The highest BCUT2D eigenvalue weighted by Crippen LogP contribution is 2.39. The molecule has 36 heavy (non-hydrogen) atoms. The number of anilines is 2. The second kappa shape index (κ2) is 12.0. The molecule has 0 bridgehead atoms. The van der Waals surface area contributed by atoms with Crippen LogP contribution in [0.25, 0.3) is 11.4 Å². The number of rotatable bonds is 5. The molecule has 0 unspecified atom stereocenters. The van der Waals surface area contributed by atoms with E-state index in [0.717, 1.165) is 37.3 Å². The molecule has 1 amide bonds. The smallest absolute Gasteiger partial charge is 0.354 e. The van der Waals surface area contributed by atoms with E-state index in [4.69, 9.17) is 0 Å². The lowest BCUT2D eigenvalue weighted by Crippen LogP contribution is -2.36. The first-order valence-corrected chi connectivity index (χ1v) is 13.6. The van der Waals surface area contributed by atoms with Gasteiger partial charge in [0.25, 0.3) is 0 Å². The van der Waals surface area contributed by atoms with Crippen LogP contribution in [0.5, 0.6) is 0 Å². The van der Waals surface area contributed by atoms with Crippen LogP contribution in [0.15, 0.2) is 24.3 Å². The summed E-state index contributed by atoms with van der Waals surface area (Å²) in [4.78, 5) is 26.7. The molecule has 8 nitrogen and oxygen atoms in total. The van der Waals surface area contributed by atoms with Crippen molar-refractivity contribution >= 4 is 40.3 Å². The second-order valence-corrected chi connectivity index (χ2v) is 8.57. The number of alkyl halides is 4. The third-order valence-electron chi connectivity index (χ3n) is 6.01. The van der Waals surface area contributed by atoms with Gasteiger partial charge in [-0.1, -0.05) is 40.8 Å². The van der Waals surface area contributed by atoms with Crippen LogP contribution in [0.3, 0.4) is 0 Å². The van der Waals surface area contributed by atoms with Crippen molar-refractivity contribution < 1.29 is 18.0 Å². The van der Waals surface area contributed by atoms with Gasteiger partial charge in [0, 0.05) is 30.0 Å². The molecule has 1 aliphatic rings. The van der Waals surface area contributed by atoms with E-state index in [9.17, 15) is 18.0 Å². The lowest BCUT2D eigenvalue weighted by molar-refractivity contribution is -0.137. The molecule has 4 rings (SSSR count). The van der Waals surface area contributed by atoms with Crippen LogP contribution in [-0.2, 0) is 11.0 Å². The van der Waals surface area contributed by atoms with E-state index >= 15 is 0 Å². The first kappa shape index (κ1) is 27.8. The van der Waals surface area contributed by atoms with Gasteiger partial charge in [-0.15, -0.1) is 5.10 Å². The molecule has 194 valence electrons. The first-order chi connectivity index (χ1) is 17.1. The standard InChI is InChI=1S/C23H26F3N7O.CH3I/c1-12-19(15-8-10-16(11-9-15)28-14(3)34)29-21(17-6-4-5-7-18(17)23(24,25)26)30-20(12)31-22-27-13(2)32-33-22;1-2/h4-7,15-16H,8-11H2,1-3H3,(H,28,34)(H2,27,29,30,31,32,33);1H3. The Balaban J connectivity index is 0.00000176. The number of halogens is 4. The zero-order chi connectivity index (χ0) is 26.5. The molecule has 3 aromatic rings. The number of aromatic nitrogens is 5. The average Bonchev–Trinajstić information content (AvgIpc) is 3.26. The largest absolute Gasteiger partial charge is 0.417 e. The quantitative estimate of drug-likeness (QED) is 0.246. The number of H-pyrrole nitrogens is 1. The minimum Gasteiger partial charge on any atom is -0.354 e. The van der Waals surface area contributed by atoms with Gasteiger partial charge >= 0.3 is 6.18 Å². The van der Waals surface area contributed by atoms with E-state index in [-0.39, 0.29) is 35.2 Å². The Morgan fingerprint density at radius 3 is 2.31 bits per heavy atom. The van der Waals surface area contributed by atoms with Crippen LogP contribution in [0.2, 0.25) is 0 Å². The minimum absolute atomic E-state index is 0.00716. The van der Waals surface area contributed by atoms with Crippen LogP contribution in [-0.4, -0.2) is 42.0 Å². The number of hydrogen-bond acceptors (Lipinski definition) is 6. The van der Waals surface area contributed by atoms with Gasteiger partial charge in [-0.05, 0) is 50.5 Å². The predicted octanol–water partition coefficient (Wildman–Crippen LogP) is 5.85. The van der Waals surface area contributed by atoms with Crippen molar-refractivity contribution in [3.8, 4) is 11.4 Å². The summed E-state index contributed by atoms with van der Waals surface area (Å²) < 4.78 is 41.2. The summed E-state index contributed by atoms with van der Waals surface area (Å²) >= 11 is 2.15. The summed E-state index contributed by atoms with van der Waals surface area (Å²) in [5.41, 5.74) is 0.549. The molecule has 0 aliphatic heterocycles. The fourth-order valence-electron chi connectivity index (χ4n) is 4.40. The summed E-state index contributed by atoms with van der Waals surface area (Å²) in [6.45, 7) is 5.08. The summed E-state index contributed by atoms with van der Waals surface area (Å²) in [6, 6.07) is 5.39. The van der Waals surface area contributed by atoms with Crippen LogP contribution in [0.4, 0.5) is 24.9 Å². The summed E-state index contributed by atoms with van der Waals surface area (Å²) in [6.07, 6.45) is -1.50. The van der Waals surface area contributed by atoms with Crippen molar-refractivity contribution in [3.63, 3.8) is 0 Å². The number of nitrogens with one attached hydrogen (secondary N) is 3. The number of carbonyl (C=O) groups is 1. The van der Waals surface area contributed by atoms with E-state index < -0.39 is 11.7 Å². The molecule has 0 spiro atoms. The van der Waals surface area contributed by atoms with Gasteiger partial charge in [0.15, 0.2) is 5.82 Å². The van der Waals surface area contributed by atoms with Crippen molar-refractivity contribution in [2.75, 3.05) is 10.2 Å². The number of carbonyl (C=O) groups excluding carboxylic acids is 1. The SMILES string of the molecule is CC(=O)NC1CCC(c2nc(-c3ccccc3C(F)(F)F)nc(Nc3n[nH]c(C)n3)c2C)CC1.CI. The Hall–Kier alpha value is -2.77. The van der Waals surface area contributed by atoms with Gasteiger partial charge in [0.05, 0.1) is 11.3 Å².